The van der Waals surface area contributed by atoms with E-state index in [9.17, 15) is 18.8 Å². The first kappa shape index (κ1) is 18.4. The number of nitrogens with two attached hydrogens (primary N) is 1. The number of amides is 3. The number of carbonyl (C=O) groups is 3. The van der Waals surface area contributed by atoms with Gasteiger partial charge < -0.3 is 15.8 Å². The molecule has 7 nitrogen and oxygen atoms in total. The molecule has 0 aliphatic carbocycles. The smallest absolute Gasteiger partial charge is 0.414 e. The predicted molar refractivity (Wildman–Crippen MR) is 96.7 cm³/mol. The van der Waals surface area contributed by atoms with E-state index in [0.29, 0.717) is 22.4 Å². The van der Waals surface area contributed by atoms with Crippen molar-refractivity contribution in [3.63, 3.8) is 0 Å². The van der Waals surface area contributed by atoms with Crippen LogP contribution in [0.4, 0.5) is 14.9 Å². The molecule has 1 heterocycles. The van der Waals surface area contributed by atoms with Crippen LogP contribution in [-0.4, -0.2) is 37.1 Å². The first-order chi connectivity index (χ1) is 12.8. The molecule has 2 aromatic carbocycles. The fraction of sp³-hybridized carbons (Fsp3) is 0.211. The van der Waals surface area contributed by atoms with Crippen LogP contribution < -0.4 is 16.0 Å². The maximum Gasteiger partial charge on any atom is 0.414 e. The topological polar surface area (TPSA) is 102 Å². The standard InChI is InChI=1S/C19H18FN3O4/c1-11(24)22-9-15-10-23(19(26)27-15)14-6-7-16(17(20)8-14)12-2-4-13(5-3-12)18(21)25/h2-8,15H,9-10H2,1H3,(H2,21,25)(H,22,24)/t15-/m0/s1. The summed E-state index contributed by atoms with van der Waals surface area (Å²) in [7, 11) is 0. The van der Waals surface area contributed by atoms with Crippen LogP contribution in [0.5, 0.6) is 0 Å². The summed E-state index contributed by atoms with van der Waals surface area (Å²) in [6.07, 6.45) is -1.09. The lowest BCUT2D eigenvalue weighted by atomic mass is 10.0. The molecule has 0 aromatic heterocycles. The van der Waals surface area contributed by atoms with Gasteiger partial charge in [-0.15, -0.1) is 0 Å². The lowest BCUT2D eigenvalue weighted by Crippen LogP contribution is -2.33. The average Bonchev–Trinajstić information content (AvgIpc) is 3.01. The zero-order valence-electron chi connectivity index (χ0n) is 14.6. The van der Waals surface area contributed by atoms with Crippen molar-refractivity contribution in [2.75, 3.05) is 18.0 Å². The van der Waals surface area contributed by atoms with E-state index in [-0.39, 0.29) is 19.0 Å². The second-order valence-electron chi connectivity index (χ2n) is 6.16. The minimum Gasteiger partial charge on any atom is -0.442 e. The van der Waals surface area contributed by atoms with Crippen LogP contribution in [0.25, 0.3) is 11.1 Å². The monoisotopic (exact) mass is 371 g/mol. The summed E-state index contributed by atoms with van der Waals surface area (Å²) in [5.41, 5.74) is 6.81. The van der Waals surface area contributed by atoms with Gasteiger partial charge in [0.1, 0.15) is 11.9 Å². The number of halogens is 1. The van der Waals surface area contributed by atoms with Gasteiger partial charge in [-0.3, -0.25) is 14.5 Å². The van der Waals surface area contributed by atoms with Crippen molar-refractivity contribution >= 4 is 23.6 Å². The molecule has 8 heteroatoms. The number of ether oxygens (including phenoxy) is 1. The first-order valence-corrected chi connectivity index (χ1v) is 8.27. The van der Waals surface area contributed by atoms with Gasteiger partial charge in [0.25, 0.3) is 0 Å². The molecule has 0 spiro atoms. The molecule has 1 atom stereocenters. The van der Waals surface area contributed by atoms with Crippen molar-refractivity contribution in [2.45, 2.75) is 13.0 Å². The van der Waals surface area contributed by atoms with E-state index < -0.39 is 23.9 Å². The fourth-order valence-electron chi connectivity index (χ4n) is 2.82. The number of benzene rings is 2. The molecule has 1 fully saturated rings. The van der Waals surface area contributed by atoms with E-state index >= 15 is 0 Å². The molecule has 0 saturated carbocycles. The molecule has 0 radical (unpaired) electrons. The minimum absolute atomic E-state index is 0.199. The molecule has 27 heavy (non-hydrogen) atoms. The molecule has 1 aliphatic heterocycles. The predicted octanol–water partition coefficient (Wildman–Crippen LogP) is 2.05. The summed E-state index contributed by atoms with van der Waals surface area (Å²) in [5, 5.41) is 2.58. The third-order valence-corrected chi connectivity index (χ3v) is 4.20. The van der Waals surface area contributed by atoms with Gasteiger partial charge in [-0.2, -0.15) is 0 Å². The zero-order chi connectivity index (χ0) is 19.6. The van der Waals surface area contributed by atoms with Crippen molar-refractivity contribution < 1.29 is 23.5 Å². The number of carbonyl (C=O) groups excluding carboxylic acids is 3. The number of hydrogen-bond donors (Lipinski definition) is 2. The van der Waals surface area contributed by atoms with Gasteiger partial charge in [0, 0.05) is 18.1 Å². The Labute approximate surface area is 154 Å². The summed E-state index contributed by atoms with van der Waals surface area (Å²) in [6, 6.07) is 10.7. The summed E-state index contributed by atoms with van der Waals surface area (Å²) < 4.78 is 19.8. The number of nitrogens with one attached hydrogen (secondary N) is 1. The van der Waals surface area contributed by atoms with E-state index in [1.807, 2.05) is 0 Å². The Balaban J connectivity index is 1.77. The highest BCUT2D eigenvalue weighted by atomic mass is 19.1. The highest BCUT2D eigenvalue weighted by molar-refractivity contribution is 5.93. The second kappa shape index (κ2) is 7.45. The second-order valence-corrected chi connectivity index (χ2v) is 6.16. The number of hydrogen-bond acceptors (Lipinski definition) is 4. The maximum absolute atomic E-state index is 14.6. The molecule has 1 saturated heterocycles. The van der Waals surface area contributed by atoms with Crippen molar-refractivity contribution in [3.8, 4) is 11.1 Å². The SMILES string of the molecule is CC(=O)NC[C@H]1CN(c2ccc(-c3ccc(C(N)=O)cc3)c(F)c2)C(=O)O1. The normalized spacial score (nSPS) is 16.1. The average molecular weight is 371 g/mol. The van der Waals surface area contributed by atoms with E-state index in [0.717, 1.165) is 0 Å². The Bertz CT molecular complexity index is 898. The molecule has 2 aromatic rings. The van der Waals surface area contributed by atoms with Crippen LogP contribution in [0.2, 0.25) is 0 Å². The fourth-order valence-corrected chi connectivity index (χ4v) is 2.82. The first-order valence-electron chi connectivity index (χ1n) is 8.27. The van der Waals surface area contributed by atoms with Gasteiger partial charge in [-0.05, 0) is 35.9 Å². The van der Waals surface area contributed by atoms with Crippen molar-refractivity contribution in [1.29, 1.82) is 0 Å². The van der Waals surface area contributed by atoms with Gasteiger partial charge in [-0.25, -0.2) is 9.18 Å². The van der Waals surface area contributed by atoms with E-state index in [1.165, 1.54) is 30.0 Å². The zero-order valence-corrected chi connectivity index (χ0v) is 14.6. The van der Waals surface area contributed by atoms with Gasteiger partial charge in [0.2, 0.25) is 11.8 Å². The lowest BCUT2D eigenvalue weighted by Gasteiger charge is -2.14. The van der Waals surface area contributed by atoms with Gasteiger partial charge in [0.05, 0.1) is 18.8 Å². The molecule has 3 rings (SSSR count). The maximum atomic E-state index is 14.6. The third-order valence-electron chi connectivity index (χ3n) is 4.20. The Morgan fingerprint density at radius 3 is 2.56 bits per heavy atom. The number of rotatable bonds is 5. The molecule has 0 unspecified atom stereocenters. The number of nitrogens with zero attached hydrogens (tertiary/aromatic N) is 1. The molecule has 0 bridgehead atoms. The van der Waals surface area contributed by atoms with E-state index in [2.05, 4.69) is 5.32 Å². The molecular weight excluding hydrogens is 353 g/mol. The molecule has 1 aliphatic rings. The molecule has 140 valence electrons. The van der Waals surface area contributed by atoms with Crippen molar-refractivity contribution in [3.05, 3.63) is 53.8 Å². The van der Waals surface area contributed by atoms with E-state index in [1.54, 1.807) is 24.3 Å². The molecule has 3 N–H and O–H groups in total. The summed E-state index contributed by atoms with van der Waals surface area (Å²) >= 11 is 0. The van der Waals surface area contributed by atoms with Crippen LogP contribution in [0, 0.1) is 5.82 Å². The van der Waals surface area contributed by atoms with Crippen LogP contribution >= 0.6 is 0 Å². The number of cyclic esters (lactones) is 1. The minimum atomic E-state index is -0.594. The number of primary amides is 1. The van der Waals surface area contributed by atoms with E-state index in [4.69, 9.17) is 10.5 Å². The van der Waals surface area contributed by atoms with Gasteiger partial charge in [-0.1, -0.05) is 12.1 Å². The van der Waals surface area contributed by atoms with Crippen molar-refractivity contribution in [1.82, 2.24) is 5.32 Å². The van der Waals surface area contributed by atoms with Crippen molar-refractivity contribution in [2.24, 2.45) is 5.73 Å². The van der Waals surface area contributed by atoms with Crippen LogP contribution in [0.3, 0.4) is 0 Å². The Morgan fingerprint density at radius 2 is 1.96 bits per heavy atom. The Kier molecular flexibility index (Phi) is 5.07. The highest BCUT2D eigenvalue weighted by Crippen LogP contribution is 2.29. The largest absolute Gasteiger partial charge is 0.442 e. The van der Waals surface area contributed by atoms with Gasteiger partial charge >= 0.3 is 6.09 Å². The van der Waals surface area contributed by atoms with Gasteiger partial charge in [0.15, 0.2) is 0 Å². The Morgan fingerprint density at radius 1 is 1.26 bits per heavy atom. The number of anilines is 1. The lowest BCUT2D eigenvalue weighted by molar-refractivity contribution is -0.119. The molecule has 3 amide bonds. The quantitative estimate of drug-likeness (QED) is 0.840. The summed E-state index contributed by atoms with van der Waals surface area (Å²) in [5.74, 6) is -1.29. The Hall–Kier alpha value is -3.42. The molecular formula is C19H18FN3O4. The van der Waals surface area contributed by atoms with Crippen LogP contribution in [0.1, 0.15) is 17.3 Å². The summed E-state index contributed by atoms with van der Waals surface area (Å²) in [6.45, 7) is 1.79. The van der Waals surface area contributed by atoms with Crippen LogP contribution in [-0.2, 0) is 9.53 Å². The third kappa shape index (κ3) is 4.05. The van der Waals surface area contributed by atoms with Crippen LogP contribution in [0.15, 0.2) is 42.5 Å². The highest BCUT2D eigenvalue weighted by Gasteiger charge is 2.32. The summed E-state index contributed by atoms with van der Waals surface area (Å²) in [4.78, 5) is 35.4.